The first kappa shape index (κ1) is 19.9. The zero-order valence-corrected chi connectivity index (χ0v) is 18.2. The van der Waals surface area contributed by atoms with E-state index in [0.29, 0.717) is 28.3 Å². The van der Waals surface area contributed by atoms with Crippen LogP contribution in [-0.4, -0.2) is 10.8 Å². The number of fused-ring (bicyclic) bond motifs is 2. The Bertz CT molecular complexity index is 1400. The molecule has 1 N–H and O–H groups in total. The highest BCUT2D eigenvalue weighted by Crippen LogP contribution is 2.47. The van der Waals surface area contributed by atoms with Crippen LogP contribution in [0.2, 0.25) is 5.02 Å². The number of hydrogen-bond acceptors (Lipinski definition) is 5. The second kappa shape index (κ2) is 7.91. The highest BCUT2D eigenvalue weighted by atomic mass is 35.5. The molecule has 0 saturated carbocycles. The zero-order chi connectivity index (χ0) is 21.5. The van der Waals surface area contributed by atoms with Crippen molar-refractivity contribution in [1.29, 1.82) is 0 Å². The number of phenolic OH excluding ortho intramolecular Hbond substituents is 1. The van der Waals surface area contributed by atoms with Gasteiger partial charge in [0.2, 0.25) is 0 Å². The Morgan fingerprint density at radius 2 is 1.90 bits per heavy atom. The molecule has 1 aliphatic heterocycles. The van der Waals surface area contributed by atoms with Gasteiger partial charge in [0.1, 0.15) is 5.75 Å². The number of aromatic hydroxyl groups is 1. The number of aryl methyl sites for hydroxylation is 1. The van der Waals surface area contributed by atoms with Gasteiger partial charge in [0.15, 0.2) is 5.58 Å². The smallest absolute Gasteiger partial charge is 0.336 e. The second-order valence-corrected chi connectivity index (χ2v) is 9.16. The van der Waals surface area contributed by atoms with E-state index in [-0.39, 0.29) is 11.0 Å². The molecule has 6 heteroatoms. The van der Waals surface area contributed by atoms with Crippen molar-refractivity contribution in [3.63, 3.8) is 0 Å². The van der Waals surface area contributed by atoms with E-state index in [1.165, 1.54) is 6.07 Å². The van der Waals surface area contributed by atoms with Gasteiger partial charge in [-0.3, -0.25) is 4.99 Å². The Morgan fingerprint density at radius 3 is 2.71 bits per heavy atom. The maximum absolute atomic E-state index is 12.1. The van der Waals surface area contributed by atoms with E-state index in [4.69, 9.17) is 21.0 Å². The third kappa shape index (κ3) is 3.75. The predicted molar refractivity (Wildman–Crippen MR) is 126 cm³/mol. The van der Waals surface area contributed by atoms with E-state index in [2.05, 4.69) is 12.1 Å². The largest absolute Gasteiger partial charge is 0.507 e. The molecular weight excluding hydrogens is 430 g/mol. The Morgan fingerprint density at radius 1 is 1.10 bits per heavy atom. The monoisotopic (exact) mass is 447 g/mol. The summed E-state index contributed by atoms with van der Waals surface area (Å²) in [5.74, 6) is 0.0363. The molecule has 0 unspecified atom stereocenters. The zero-order valence-electron chi connectivity index (χ0n) is 16.6. The number of hydrogen-bond donors (Lipinski definition) is 1. The first-order chi connectivity index (χ1) is 15.0. The summed E-state index contributed by atoms with van der Waals surface area (Å²) in [4.78, 5) is 18.0. The van der Waals surface area contributed by atoms with Gasteiger partial charge < -0.3 is 9.52 Å². The van der Waals surface area contributed by atoms with Crippen LogP contribution in [0, 0.1) is 6.92 Å². The first-order valence-electron chi connectivity index (χ1n) is 9.85. The van der Waals surface area contributed by atoms with Crippen LogP contribution in [0.1, 0.15) is 28.4 Å². The summed E-state index contributed by atoms with van der Waals surface area (Å²) < 4.78 is 5.57. The van der Waals surface area contributed by atoms with Gasteiger partial charge in [-0.15, -0.1) is 11.8 Å². The van der Waals surface area contributed by atoms with Crippen molar-refractivity contribution in [2.75, 3.05) is 0 Å². The molecule has 0 saturated heterocycles. The Hall–Kier alpha value is -3.02. The summed E-state index contributed by atoms with van der Waals surface area (Å²) in [6.45, 7) is 1.86. The number of phenols is 1. The van der Waals surface area contributed by atoms with E-state index in [1.807, 2.05) is 37.3 Å². The highest BCUT2D eigenvalue weighted by Gasteiger charge is 2.26. The van der Waals surface area contributed by atoms with Crippen molar-refractivity contribution >= 4 is 45.7 Å². The quantitative estimate of drug-likeness (QED) is 0.342. The molecule has 154 valence electrons. The highest BCUT2D eigenvalue weighted by molar-refractivity contribution is 7.99. The summed E-state index contributed by atoms with van der Waals surface area (Å²) in [5.41, 5.74) is 3.75. The molecule has 0 spiro atoms. The van der Waals surface area contributed by atoms with Crippen molar-refractivity contribution in [2.45, 2.75) is 23.5 Å². The standard InChI is InChI=1S/C25H18ClNO3S/c1-14-11-23(29)30-25-17(14)8-10-20(28)24(25)19-13-21(15-5-3-2-4-6-15)31-22-12-16(26)7-9-18(22)27-19/h2-12,21,28H,13H2,1H3/t21-/m0/s1. The first-order valence-corrected chi connectivity index (χ1v) is 11.1. The van der Waals surface area contributed by atoms with E-state index in [0.717, 1.165) is 27.1 Å². The topological polar surface area (TPSA) is 62.8 Å². The van der Waals surface area contributed by atoms with E-state index >= 15 is 0 Å². The van der Waals surface area contributed by atoms with Gasteiger partial charge in [-0.2, -0.15) is 0 Å². The fourth-order valence-electron chi connectivity index (χ4n) is 3.90. The van der Waals surface area contributed by atoms with Gasteiger partial charge in [0.05, 0.1) is 17.0 Å². The van der Waals surface area contributed by atoms with Crippen LogP contribution in [0.15, 0.2) is 85.8 Å². The molecule has 1 aliphatic rings. The lowest BCUT2D eigenvalue weighted by Crippen LogP contribution is -2.08. The molecule has 3 aromatic carbocycles. The predicted octanol–water partition coefficient (Wildman–Crippen LogP) is 6.82. The normalized spacial score (nSPS) is 15.9. The third-order valence-electron chi connectivity index (χ3n) is 5.38. The maximum Gasteiger partial charge on any atom is 0.336 e. The van der Waals surface area contributed by atoms with Crippen LogP contribution in [0.5, 0.6) is 5.75 Å². The summed E-state index contributed by atoms with van der Waals surface area (Å²) in [6, 6.07) is 20.6. The summed E-state index contributed by atoms with van der Waals surface area (Å²) in [7, 11) is 0. The molecule has 0 aliphatic carbocycles. The number of aliphatic imine (C=N–C) groups is 1. The van der Waals surface area contributed by atoms with Gasteiger partial charge in [-0.1, -0.05) is 41.9 Å². The second-order valence-electron chi connectivity index (χ2n) is 7.48. The number of thioether (sulfide) groups is 1. The van der Waals surface area contributed by atoms with Crippen LogP contribution in [0.3, 0.4) is 0 Å². The van der Waals surface area contributed by atoms with Gasteiger partial charge in [-0.05, 0) is 48.4 Å². The van der Waals surface area contributed by atoms with E-state index < -0.39 is 5.63 Å². The molecule has 1 aromatic heterocycles. The van der Waals surface area contributed by atoms with E-state index in [1.54, 1.807) is 30.0 Å². The van der Waals surface area contributed by atoms with Crippen LogP contribution in [0.25, 0.3) is 11.0 Å². The minimum Gasteiger partial charge on any atom is -0.507 e. The fraction of sp³-hybridized carbons (Fsp3) is 0.120. The van der Waals surface area contributed by atoms with Crippen LogP contribution >= 0.6 is 23.4 Å². The van der Waals surface area contributed by atoms with Crippen molar-refractivity contribution in [2.24, 2.45) is 4.99 Å². The lowest BCUT2D eigenvalue weighted by molar-refractivity contribution is 0.471. The molecule has 0 radical (unpaired) electrons. The van der Waals surface area contributed by atoms with Crippen molar-refractivity contribution < 1.29 is 9.52 Å². The number of nitrogens with zero attached hydrogens (tertiary/aromatic N) is 1. The molecule has 0 amide bonds. The number of halogens is 1. The average molecular weight is 448 g/mol. The molecule has 5 rings (SSSR count). The minimum absolute atomic E-state index is 0.0363. The van der Waals surface area contributed by atoms with Crippen molar-refractivity contribution in [1.82, 2.24) is 0 Å². The van der Waals surface area contributed by atoms with Crippen LogP contribution in [-0.2, 0) is 0 Å². The molecule has 4 aromatic rings. The van der Waals surface area contributed by atoms with Crippen molar-refractivity contribution in [3.8, 4) is 5.75 Å². The summed E-state index contributed by atoms with van der Waals surface area (Å²) in [5, 5.41) is 12.3. The molecule has 31 heavy (non-hydrogen) atoms. The van der Waals surface area contributed by atoms with Crippen molar-refractivity contribution in [3.05, 3.63) is 98.9 Å². The fourth-order valence-corrected chi connectivity index (χ4v) is 5.41. The van der Waals surface area contributed by atoms with Crippen LogP contribution in [0.4, 0.5) is 5.69 Å². The molecule has 2 heterocycles. The average Bonchev–Trinajstić information content (AvgIpc) is 2.93. The maximum atomic E-state index is 12.1. The SMILES string of the molecule is Cc1cc(=O)oc2c(C3=Nc4ccc(Cl)cc4S[C@H](c4ccccc4)C3)c(O)ccc12. The summed E-state index contributed by atoms with van der Waals surface area (Å²) in [6.07, 6.45) is 0.547. The Balaban J connectivity index is 1.77. The lowest BCUT2D eigenvalue weighted by Gasteiger charge is -2.17. The third-order valence-corrected chi connectivity index (χ3v) is 6.92. The van der Waals surface area contributed by atoms with Gasteiger partial charge in [0, 0.05) is 33.0 Å². The molecule has 0 bridgehead atoms. The summed E-state index contributed by atoms with van der Waals surface area (Å²) >= 11 is 7.95. The van der Waals surface area contributed by atoms with Gasteiger partial charge >= 0.3 is 5.63 Å². The lowest BCUT2D eigenvalue weighted by atomic mass is 9.97. The number of rotatable bonds is 2. The van der Waals surface area contributed by atoms with Gasteiger partial charge in [-0.25, -0.2) is 4.79 Å². The molecule has 4 nitrogen and oxygen atoms in total. The Labute approximate surface area is 188 Å². The minimum atomic E-state index is -0.452. The van der Waals surface area contributed by atoms with Gasteiger partial charge in [0.25, 0.3) is 0 Å². The number of benzene rings is 3. The van der Waals surface area contributed by atoms with E-state index in [9.17, 15) is 9.90 Å². The molecule has 0 fully saturated rings. The Kier molecular flexibility index (Phi) is 5.08. The molecular formula is C25H18ClNO3S. The van der Waals surface area contributed by atoms with Crippen LogP contribution < -0.4 is 5.63 Å². The molecule has 1 atom stereocenters.